The number of benzene rings is 2. The largest absolute Gasteiger partial charge is 0.417 e. The van der Waals surface area contributed by atoms with Crippen molar-refractivity contribution in [3.8, 4) is 0 Å². The number of carbonyl (C=O) groups is 1. The molecule has 134 valence electrons. The van der Waals surface area contributed by atoms with Crippen LogP contribution >= 0.6 is 0 Å². The first-order valence-electron chi connectivity index (χ1n) is 7.81. The van der Waals surface area contributed by atoms with E-state index >= 15 is 0 Å². The van der Waals surface area contributed by atoms with E-state index in [2.05, 4.69) is 15.6 Å². The molecule has 0 saturated heterocycles. The smallest absolute Gasteiger partial charge is 0.346 e. The summed E-state index contributed by atoms with van der Waals surface area (Å²) in [5.74, 6) is -0.810. The molecule has 0 atom stereocenters. The molecule has 3 aromatic rings. The first kappa shape index (κ1) is 17.7. The van der Waals surface area contributed by atoms with Gasteiger partial charge in [-0.15, -0.1) is 5.10 Å². The molecule has 26 heavy (non-hydrogen) atoms. The number of aromatic nitrogens is 3. The van der Waals surface area contributed by atoms with E-state index in [1.165, 1.54) is 12.1 Å². The minimum absolute atomic E-state index is 0.0141. The second kappa shape index (κ2) is 7.38. The highest BCUT2D eigenvalue weighted by Gasteiger charge is 2.34. The normalized spacial score (nSPS) is 11.3. The van der Waals surface area contributed by atoms with E-state index < -0.39 is 23.2 Å². The van der Waals surface area contributed by atoms with Crippen LogP contribution in [0, 0.1) is 0 Å². The Morgan fingerprint density at radius 3 is 2.46 bits per heavy atom. The number of rotatable bonds is 5. The van der Waals surface area contributed by atoms with Crippen molar-refractivity contribution in [2.45, 2.75) is 19.3 Å². The number of amides is 1. The zero-order valence-corrected chi connectivity index (χ0v) is 13.6. The van der Waals surface area contributed by atoms with Crippen LogP contribution in [-0.2, 0) is 19.3 Å². The predicted molar refractivity (Wildman–Crippen MR) is 88.2 cm³/mol. The molecular formula is C18H15F3N4O. The van der Waals surface area contributed by atoms with Crippen molar-refractivity contribution in [2.75, 3.05) is 0 Å². The predicted octanol–water partition coefficient (Wildman–Crippen LogP) is 3.28. The fourth-order valence-corrected chi connectivity index (χ4v) is 2.46. The van der Waals surface area contributed by atoms with Gasteiger partial charge in [-0.05, 0) is 17.7 Å². The van der Waals surface area contributed by atoms with E-state index in [9.17, 15) is 18.0 Å². The molecule has 0 aliphatic carbocycles. The average Bonchev–Trinajstić information content (AvgIpc) is 3.07. The molecule has 0 radical (unpaired) electrons. The van der Waals surface area contributed by atoms with Crippen molar-refractivity contribution >= 4 is 5.91 Å². The lowest BCUT2D eigenvalue weighted by Gasteiger charge is -2.12. The summed E-state index contributed by atoms with van der Waals surface area (Å²) in [6, 6.07) is 14.3. The van der Waals surface area contributed by atoms with Crippen molar-refractivity contribution in [3.63, 3.8) is 0 Å². The second-order valence-electron chi connectivity index (χ2n) is 5.62. The van der Waals surface area contributed by atoms with Crippen LogP contribution in [0.5, 0.6) is 0 Å². The molecule has 3 rings (SSSR count). The number of hydrogen-bond acceptors (Lipinski definition) is 3. The molecule has 1 heterocycles. The number of alkyl halides is 3. The Balaban J connectivity index is 1.64. The summed E-state index contributed by atoms with van der Waals surface area (Å²) < 4.78 is 40.5. The Morgan fingerprint density at radius 1 is 1.04 bits per heavy atom. The van der Waals surface area contributed by atoms with Crippen molar-refractivity contribution in [1.29, 1.82) is 0 Å². The summed E-state index contributed by atoms with van der Waals surface area (Å²) in [5, 5.41) is 10.3. The molecule has 5 nitrogen and oxygen atoms in total. The lowest BCUT2D eigenvalue weighted by Crippen LogP contribution is -2.26. The molecule has 0 bridgehead atoms. The molecule has 1 N–H and O–H groups in total. The van der Waals surface area contributed by atoms with Gasteiger partial charge >= 0.3 is 6.18 Å². The van der Waals surface area contributed by atoms with E-state index in [-0.39, 0.29) is 6.54 Å². The number of halogens is 3. The van der Waals surface area contributed by atoms with Gasteiger partial charge in [-0.1, -0.05) is 47.7 Å². The first-order chi connectivity index (χ1) is 12.4. The fraction of sp³-hybridized carbons (Fsp3) is 0.167. The van der Waals surface area contributed by atoms with Crippen LogP contribution < -0.4 is 5.32 Å². The standard InChI is InChI=1S/C18H15F3N4O/c19-18(20,21)16-9-5-4-8-15(16)17(26)22-10-14-12-25(24-23-14)11-13-6-2-1-3-7-13/h1-9,12H,10-11H2,(H,22,26). The lowest BCUT2D eigenvalue weighted by molar-refractivity contribution is -0.137. The van der Waals surface area contributed by atoms with Crippen LogP contribution in [0.2, 0.25) is 0 Å². The van der Waals surface area contributed by atoms with Gasteiger partial charge in [0.2, 0.25) is 0 Å². The van der Waals surface area contributed by atoms with E-state index in [4.69, 9.17) is 0 Å². The SMILES string of the molecule is O=C(NCc1cn(Cc2ccccc2)nn1)c1ccccc1C(F)(F)F. The molecule has 1 aromatic heterocycles. The van der Waals surface area contributed by atoms with Gasteiger partial charge in [-0.25, -0.2) is 4.68 Å². The van der Waals surface area contributed by atoms with Gasteiger partial charge in [0.1, 0.15) is 5.69 Å². The van der Waals surface area contributed by atoms with Crippen LogP contribution in [0.1, 0.15) is 27.2 Å². The van der Waals surface area contributed by atoms with Gasteiger partial charge in [-0.3, -0.25) is 4.79 Å². The summed E-state index contributed by atoms with van der Waals surface area (Å²) in [5.41, 5.74) is 0.104. The van der Waals surface area contributed by atoms with E-state index in [1.807, 2.05) is 30.3 Å². The van der Waals surface area contributed by atoms with Gasteiger partial charge in [0, 0.05) is 0 Å². The summed E-state index contributed by atoms with van der Waals surface area (Å²) in [6.07, 6.45) is -2.95. The van der Waals surface area contributed by atoms with Gasteiger partial charge < -0.3 is 5.32 Å². The van der Waals surface area contributed by atoms with Crippen LogP contribution in [0.4, 0.5) is 13.2 Å². The van der Waals surface area contributed by atoms with Gasteiger partial charge in [0.15, 0.2) is 0 Å². The first-order valence-corrected chi connectivity index (χ1v) is 7.81. The number of hydrogen-bond donors (Lipinski definition) is 1. The third-order valence-corrected chi connectivity index (χ3v) is 3.68. The minimum atomic E-state index is -4.59. The summed E-state index contributed by atoms with van der Waals surface area (Å²) in [6.45, 7) is 0.499. The monoisotopic (exact) mass is 360 g/mol. The molecule has 0 aliphatic heterocycles. The zero-order valence-electron chi connectivity index (χ0n) is 13.6. The fourth-order valence-electron chi connectivity index (χ4n) is 2.46. The van der Waals surface area contributed by atoms with Crippen molar-refractivity contribution in [1.82, 2.24) is 20.3 Å². The van der Waals surface area contributed by atoms with Gasteiger partial charge in [-0.2, -0.15) is 13.2 Å². The molecule has 0 fully saturated rings. The highest BCUT2D eigenvalue weighted by molar-refractivity contribution is 5.95. The molecule has 1 amide bonds. The Labute approximate surface area is 147 Å². The highest BCUT2D eigenvalue weighted by Crippen LogP contribution is 2.31. The van der Waals surface area contributed by atoms with Crippen LogP contribution in [0.25, 0.3) is 0 Å². The topological polar surface area (TPSA) is 59.8 Å². The molecule has 0 unspecified atom stereocenters. The maximum Gasteiger partial charge on any atom is 0.417 e. The summed E-state index contributed by atoms with van der Waals surface area (Å²) >= 11 is 0. The second-order valence-corrected chi connectivity index (χ2v) is 5.62. The van der Waals surface area contributed by atoms with Crippen LogP contribution in [-0.4, -0.2) is 20.9 Å². The molecule has 0 aliphatic rings. The number of nitrogens with one attached hydrogen (secondary N) is 1. The minimum Gasteiger partial charge on any atom is -0.346 e. The third-order valence-electron chi connectivity index (χ3n) is 3.68. The lowest BCUT2D eigenvalue weighted by atomic mass is 10.1. The Kier molecular flexibility index (Phi) is 5.01. The van der Waals surface area contributed by atoms with Crippen molar-refractivity contribution < 1.29 is 18.0 Å². The Morgan fingerprint density at radius 2 is 1.73 bits per heavy atom. The zero-order chi connectivity index (χ0) is 18.6. The third kappa shape index (κ3) is 4.27. The maximum atomic E-state index is 13.0. The van der Waals surface area contributed by atoms with Crippen LogP contribution in [0.3, 0.4) is 0 Å². The molecular weight excluding hydrogens is 345 g/mol. The number of nitrogens with zero attached hydrogens (tertiary/aromatic N) is 3. The quantitative estimate of drug-likeness (QED) is 0.760. The number of carbonyl (C=O) groups excluding carboxylic acids is 1. The van der Waals surface area contributed by atoms with Crippen molar-refractivity contribution in [2.24, 2.45) is 0 Å². The molecule has 2 aromatic carbocycles. The summed E-state index contributed by atoms with van der Waals surface area (Å²) in [4.78, 5) is 12.1. The van der Waals surface area contributed by atoms with Gasteiger partial charge in [0.05, 0.1) is 30.4 Å². The molecule has 0 saturated carbocycles. The molecule has 8 heteroatoms. The Bertz CT molecular complexity index is 891. The highest BCUT2D eigenvalue weighted by atomic mass is 19.4. The van der Waals surface area contributed by atoms with Crippen LogP contribution in [0.15, 0.2) is 60.8 Å². The molecule has 0 spiro atoms. The van der Waals surface area contributed by atoms with Crippen molar-refractivity contribution in [3.05, 3.63) is 83.2 Å². The van der Waals surface area contributed by atoms with Gasteiger partial charge in [0.25, 0.3) is 5.91 Å². The summed E-state index contributed by atoms with van der Waals surface area (Å²) in [7, 11) is 0. The van der Waals surface area contributed by atoms with E-state index in [0.29, 0.717) is 12.2 Å². The van der Waals surface area contributed by atoms with E-state index in [0.717, 1.165) is 17.7 Å². The average molecular weight is 360 g/mol. The Hall–Kier alpha value is -3.16. The van der Waals surface area contributed by atoms with E-state index in [1.54, 1.807) is 10.9 Å². The maximum absolute atomic E-state index is 13.0.